The molecule has 29 heavy (non-hydrogen) atoms. The van der Waals surface area contributed by atoms with E-state index in [-0.39, 0.29) is 23.4 Å². The van der Waals surface area contributed by atoms with Crippen LogP contribution in [-0.2, 0) is 26.2 Å². The van der Waals surface area contributed by atoms with Crippen molar-refractivity contribution in [2.24, 2.45) is 0 Å². The van der Waals surface area contributed by atoms with E-state index in [1.165, 1.54) is 24.0 Å². The quantitative estimate of drug-likeness (QED) is 0.373. The zero-order valence-corrected chi connectivity index (χ0v) is 18.4. The average Bonchev–Trinajstić information content (AvgIpc) is 3.19. The van der Waals surface area contributed by atoms with Crippen molar-refractivity contribution in [3.63, 3.8) is 0 Å². The number of ether oxygens (including phenoxy) is 1. The lowest BCUT2D eigenvalue weighted by molar-refractivity contribution is -0.147. The number of hydrogen-bond acceptors (Lipinski definition) is 9. The van der Waals surface area contributed by atoms with Gasteiger partial charge in [0.15, 0.2) is 0 Å². The van der Waals surface area contributed by atoms with E-state index in [1.807, 2.05) is 6.26 Å². The number of halogens is 1. The fourth-order valence-electron chi connectivity index (χ4n) is 2.46. The number of thioether (sulfide) groups is 1. The van der Waals surface area contributed by atoms with Gasteiger partial charge in [0.1, 0.15) is 33.7 Å². The van der Waals surface area contributed by atoms with E-state index < -0.39 is 22.0 Å². The molecule has 2 aromatic heterocycles. The third-order valence-electron chi connectivity index (χ3n) is 3.90. The fraction of sp³-hybridized carbons (Fsp3) is 0.294. The second kappa shape index (κ2) is 9.81. The van der Waals surface area contributed by atoms with Crippen molar-refractivity contribution in [3.05, 3.63) is 47.2 Å². The van der Waals surface area contributed by atoms with Gasteiger partial charge in [0.25, 0.3) is 0 Å². The minimum atomic E-state index is -4.01. The molecule has 1 unspecified atom stereocenters. The highest BCUT2D eigenvalue weighted by Crippen LogP contribution is 2.22. The predicted octanol–water partition coefficient (Wildman–Crippen LogP) is 2.88. The van der Waals surface area contributed by atoms with Crippen LogP contribution in [0.2, 0.25) is 5.15 Å². The molecule has 0 aliphatic carbocycles. The number of pyridine rings is 1. The average molecular weight is 473 g/mol. The minimum absolute atomic E-state index is 0.0207. The number of nitrogens with zero attached hydrogens (tertiary/aromatic N) is 3. The molecule has 0 fully saturated rings. The van der Waals surface area contributed by atoms with E-state index >= 15 is 0 Å². The molecule has 12 heteroatoms. The third-order valence-corrected chi connectivity index (χ3v) is 6.81. The van der Waals surface area contributed by atoms with Gasteiger partial charge in [-0.1, -0.05) is 23.7 Å². The summed E-state index contributed by atoms with van der Waals surface area (Å²) in [5.41, 5.74) is 1.40. The van der Waals surface area contributed by atoms with E-state index in [0.717, 1.165) is 11.7 Å². The van der Waals surface area contributed by atoms with Crippen LogP contribution in [-0.4, -0.2) is 46.2 Å². The van der Waals surface area contributed by atoms with E-state index in [9.17, 15) is 13.2 Å². The molecule has 0 radical (unpaired) electrons. The van der Waals surface area contributed by atoms with Crippen LogP contribution in [0.5, 0.6) is 0 Å². The topological polar surface area (TPSA) is 111 Å². The Morgan fingerprint density at radius 1 is 1.31 bits per heavy atom. The Labute approximate surface area is 181 Å². The summed E-state index contributed by atoms with van der Waals surface area (Å²) in [6.45, 7) is -0.0356. The Balaban J connectivity index is 1.76. The molecule has 0 bridgehead atoms. The predicted molar refractivity (Wildman–Crippen MR) is 114 cm³/mol. The molecule has 1 aromatic carbocycles. The Kier molecular flexibility index (Phi) is 7.41. The van der Waals surface area contributed by atoms with Gasteiger partial charge in [-0.05, 0) is 36.6 Å². The van der Waals surface area contributed by atoms with Gasteiger partial charge in [-0.25, -0.2) is 13.4 Å². The molecular formula is C17H17ClN4O4S3. The largest absolute Gasteiger partial charge is 0.460 e. The molecule has 154 valence electrons. The van der Waals surface area contributed by atoms with Crippen molar-refractivity contribution in [1.29, 1.82) is 0 Å². The lowest BCUT2D eigenvalue weighted by atomic mass is 10.2. The summed E-state index contributed by atoms with van der Waals surface area (Å²) >= 11 is 8.17. The molecule has 0 aliphatic rings. The Hall–Kier alpha value is -1.79. The summed E-state index contributed by atoms with van der Waals surface area (Å²) in [5, 5.41) is 0.330. The molecule has 0 saturated heterocycles. The highest BCUT2D eigenvalue weighted by molar-refractivity contribution is 7.98. The Morgan fingerprint density at radius 2 is 2.14 bits per heavy atom. The van der Waals surface area contributed by atoms with Crippen molar-refractivity contribution in [2.75, 3.05) is 12.0 Å². The number of fused-ring (bicyclic) bond motifs is 1. The van der Waals surface area contributed by atoms with E-state index in [0.29, 0.717) is 22.0 Å². The fourth-order valence-corrected chi connectivity index (χ4v) is 5.03. The first-order chi connectivity index (χ1) is 13.9. The van der Waals surface area contributed by atoms with Crippen LogP contribution < -0.4 is 4.72 Å². The molecule has 3 rings (SSSR count). The van der Waals surface area contributed by atoms with Crippen LogP contribution in [0.1, 0.15) is 12.0 Å². The van der Waals surface area contributed by atoms with Crippen LogP contribution in [0.25, 0.3) is 11.0 Å². The molecule has 1 atom stereocenters. The number of aromatic nitrogens is 3. The summed E-state index contributed by atoms with van der Waals surface area (Å²) in [6.07, 6.45) is 3.65. The van der Waals surface area contributed by atoms with Gasteiger partial charge in [0, 0.05) is 11.8 Å². The number of rotatable bonds is 9. The maximum atomic E-state index is 12.9. The first-order valence-electron chi connectivity index (χ1n) is 8.40. The van der Waals surface area contributed by atoms with Crippen LogP contribution in [0.4, 0.5) is 0 Å². The highest BCUT2D eigenvalue weighted by Gasteiger charge is 2.28. The van der Waals surface area contributed by atoms with Crippen molar-refractivity contribution < 1.29 is 17.9 Å². The molecule has 0 amide bonds. The standard InChI is InChI=1S/C17H17ClN4O4S3/c1-27-8-7-13(17(23)26-10-11-5-6-15(18)19-9-11)22-29(24,25)14-4-2-3-12-16(14)21-28-20-12/h2-6,9,13,22H,7-8,10H2,1H3. The van der Waals surface area contributed by atoms with Gasteiger partial charge in [-0.15, -0.1) is 0 Å². The first kappa shape index (κ1) is 21.9. The van der Waals surface area contributed by atoms with Crippen LogP contribution in [0.15, 0.2) is 41.4 Å². The van der Waals surface area contributed by atoms with Crippen molar-refractivity contribution >= 4 is 62.1 Å². The summed E-state index contributed by atoms with van der Waals surface area (Å²) in [7, 11) is -4.01. The number of hydrogen-bond donors (Lipinski definition) is 1. The van der Waals surface area contributed by atoms with Crippen LogP contribution in [0.3, 0.4) is 0 Å². The third kappa shape index (κ3) is 5.64. The highest BCUT2D eigenvalue weighted by atomic mass is 35.5. The summed E-state index contributed by atoms with van der Waals surface area (Å²) in [5.74, 6) is -0.0890. The number of carbonyl (C=O) groups excluding carboxylic acids is 1. The normalized spacial score (nSPS) is 12.8. The molecule has 8 nitrogen and oxygen atoms in total. The van der Waals surface area contributed by atoms with Crippen LogP contribution in [0, 0.1) is 0 Å². The summed E-state index contributed by atoms with van der Waals surface area (Å²) in [4.78, 5) is 16.5. The van der Waals surface area contributed by atoms with Gasteiger partial charge in [-0.3, -0.25) is 4.79 Å². The smallest absolute Gasteiger partial charge is 0.324 e. The maximum Gasteiger partial charge on any atom is 0.324 e. The minimum Gasteiger partial charge on any atom is -0.460 e. The molecule has 1 N–H and O–H groups in total. The van der Waals surface area contributed by atoms with Crippen molar-refractivity contribution in [3.8, 4) is 0 Å². The molecule has 2 heterocycles. The van der Waals surface area contributed by atoms with Crippen molar-refractivity contribution in [2.45, 2.75) is 24.0 Å². The maximum absolute atomic E-state index is 12.9. The molecule has 0 saturated carbocycles. The van der Waals surface area contributed by atoms with E-state index in [1.54, 1.807) is 24.3 Å². The second-order valence-corrected chi connectivity index (χ2v) is 9.52. The number of carbonyl (C=O) groups is 1. The van der Waals surface area contributed by atoms with Gasteiger partial charge in [-0.2, -0.15) is 25.2 Å². The summed E-state index contributed by atoms with van der Waals surface area (Å²) in [6, 6.07) is 6.93. The number of benzene rings is 1. The SMILES string of the molecule is CSCCC(NS(=O)(=O)c1cccc2nsnc12)C(=O)OCc1ccc(Cl)nc1. The van der Waals surface area contributed by atoms with Gasteiger partial charge >= 0.3 is 5.97 Å². The van der Waals surface area contributed by atoms with Crippen LogP contribution >= 0.6 is 35.1 Å². The summed E-state index contributed by atoms with van der Waals surface area (Å²) < 4.78 is 41.7. The number of nitrogens with one attached hydrogen (secondary N) is 1. The molecule has 0 aliphatic heterocycles. The number of sulfonamides is 1. The Bertz CT molecular complexity index is 1090. The first-order valence-corrected chi connectivity index (χ1v) is 12.4. The van der Waals surface area contributed by atoms with Crippen molar-refractivity contribution in [1.82, 2.24) is 18.5 Å². The van der Waals surface area contributed by atoms with Gasteiger partial charge in [0.05, 0.1) is 11.7 Å². The zero-order valence-electron chi connectivity index (χ0n) is 15.2. The monoisotopic (exact) mass is 472 g/mol. The molecule has 3 aromatic rings. The second-order valence-electron chi connectivity index (χ2n) is 5.94. The number of esters is 1. The zero-order chi connectivity index (χ0) is 20.9. The Morgan fingerprint density at radius 3 is 2.86 bits per heavy atom. The van der Waals surface area contributed by atoms with E-state index in [4.69, 9.17) is 16.3 Å². The lowest BCUT2D eigenvalue weighted by Gasteiger charge is -2.17. The van der Waals surface area contributed by atoms with E-state index in [2.05, 4.69) is 18.5 Å². The van der Waals surface area contributed by atoms with Gasteiger partial charge in [0.2, 0.25) is 10.0 Å². The molecule has 0 spiro atoms. The lowest BCUT2D eigenvalue weighted by Crippen LogP contribution is -2.42. The van der Waals surface area contributed by atoms with Gasteiger partial charge < -0.3 is 4.74 Å². The molecular weight excluding hydrogens is 456 g/mol.